The molecule has 2 aliphatic heterocycles. The van der Waals surface area contributed by atoms with Crippen LogP contribution in [0.4, 0.5) is 0 Å². The van der Waals surface area contributed by atoms with Crippen molar-refractivity contribution in [2.24, 2.45) is 4.99 Å². The first-order valence-corrected chi connectivity index (χ1v) is 11.3. The summed E-state index contributed by atoms with van der Waals surface area (Å²) >= 11 is 1.47. The summed E-state index contributed by atoms with van der Waals surface area (Å²) in [5.74, 6) is -0.533. The number of pyridine rings is 1. The van der Waals surface area contributed by atoms with Gasteiger partial charge in [0.15, 0.2) is 5.17 Å². The number of nitrogens with zero attached hydrogens (tertiary/aromatic N) is 3. The molecule has 0 radical (unpaired) electrons. The molecule has 0 unspecified atom stereocenters. The third kappa shape index (κ3) is 4.45. The largest absolute Gasteiger partial charge is 0.466 e. The minimum absolute atomic E-state index is 0.125. The molecule has 0 aliphatic carbocycles. The highest BCUT2D eigenvalue weighted by Crippen LogP contribution is 2.45. The lowest BCUT2D eigenvalue weighted by Gasteiger charge is -2.36. The van der Waals surface area contributed by atoms with Crippen molar-refractivity contribution in [3.8, 4) is 0 Å². The summed E-state index contributed by atoms with van der Waals surface area (Å²) in [7, 11) is 1.38. The minimum Gasteiger partial charge on any atom is -0.466 e. The molecule has 2 aliphatic rings. The van der Waals surface area contributed by atoms with Gasteiger partial charge in [-0.2, -0.15) is 0 Å². The first-order chi connectivity index (χ1) is 15.6. The lowest BCUT2D eigenvalue weighted by atomic mass is 9.93. The standard InChI is InChI=1S/C24H24N4O3S/c1-3-19-21(23(30)31-2)22(16-9-5-4-6-10-16)28-18(15-32-24(28)27-19)13-20(29)26-14-17-11-7-8-12-25-17/h4-12,15,22H,3,13-14H2,1-2H3,(H,26,29)/t22-/m1/s1. The van der Waals surface area contributed by atoms with Gasteiger partial charge in [-0.3, -0.25) is 9.78 Å². The Morgan fingerprint density at radius 2 is 1.94 bits per heavy atom. The smallest absolute Gasteiger partial charge is 0.338 e. The van der Waals surface area contributed by atoms with Crippen molar-refractivity contribution in [3.63, 3.8) is 0 Å². The molecule has 8 heteroatoms. The van der Waals surface area contributed by atoms with Crippen molar-refractivity contribution in [1.82, 2.24) is 15.2 Å². The monoisotopic (exact) mass is 448 g/mol. The topological polar surface area (TPSA) is 83.9 Å². The number of methoxy groups -OCH3 is 1. The minimum atomic E-state index is -0.408. The highest BCUT2D eigenvalue weighted by Gasteiger charge is 2.41. The van der Waals surface area contributed by atoms with Gasteiger partial charge in [-0.15, -0.1) is 0 Å². The Balaban J connectivity index is 1.61. The Labute approximate surface area is 191 Å². The summed E-state index contributed by atoms with van der Waals surface area (Å²) in [6, 6.07) is 14.9. The zero-order valence-corrected chi connectivity index (χ0v) is 18.8. The SMILES string of the molecule is CCC1=C(C(=O)OC)[C@@H](c2ccccc2)N2C(CC(=O)NCc3ccccn3)=CSC2=N1. The van der Waals surface area contributed by atoms with Crippen LogP contribution in [-0.4, -0.2) is 34.0 Å². The third-order valence-electron chi connectivity index (χ3n) is 5.28. The molecule has 0 saturated carbocycles. The number of benzene rings is 1. The number of ether oxygens (including phenoxy) is 1. The van der Waals surface area contributed by atoms with Crippen LogP contribution in [0.3, 0.4) is 0 Å². The van der Waals surface area contributed by atoms with Crippen LogP contribution in [0.5, 0.6) is 0 Å². The first kappa shape index (κ1) is 21.8. The van der Waals surface area contributed by atoms with Gasteiger partial charge in [0.05, 0.1) is 43.1 Å². The molecule has 1 amide bonds. The van der Waals surface area contributed by atoms with Crippen molar-refractivity contribution in [2.45, 2.75) is 32.4 Å². The van der Waals surface area contributed by atoms with E-state index in [0.29, 0.717) is 24.2 Å². The molecule has 3 heterocycles. The Morgan fingerprint density at radius 3 is 2.62 bits per heavy atom. The lowest BCUT2D eigenvalue weighted by molar-refractivity contribution is -0.136. The Morgan fingerprint density at radius 1 is 1.16 bits per heavy atom. The molecule has 1 atom stereocenters. The van der Waals surface area contributed by atoms with Gasteiger partial charge in [0.25, 0.3) is 0 Å². The fourth-order valence-electron chi connectivity index (χ4n) is 3.78. The molecule has 1 aromatic heterocycles. The van der Waals surface area contributed by atoms with Crippen LogP contribution < -0.4 is 5.32 Å². The molecule has 0 bridgehead atoms. The lowest BCUT2D eigenvalue weighted by Crippen LogP contribution is -2.38. The van der Waals surface area contributed by atoms with Gasteiger partial charge in [0.1, 0.15) is 0 Å². The molecule has 32 heavy (non-hydrogen) atoms. The number of aromatic nitrogens is 1. The highest BCUT2D eigenvalue weighted by atomic mass is 32.2. The number of aliphatic imine (C=N–C) groups is 1. The van der Waals surface area contributed by atoms with Crippen LogP contribution in [-0.2, 0) is 20.9 Å². The van der Waals surface area contributed by atoms with E-state index in [1.165, 1.54) is 18.9 Å². The molecule has 1 aromatic carbocycles. The van der Waals surface area contributed by atoms with E-state index in [1.54, 1.807) is 6.20 Å². The molecular weight excluding hydrogens is 424 g/mol. The zero-order chi connectivity index (χ0) is 22.5. The Bertz CT molecular complexity index is 1100. The Hall–Kier alpha value is -3.39. The van der Waals surface area contributed by atoms with Gasteiger partial charge in [-0.25, -0.2) is 9.79 Å². The van der Waals surface area contributed by atoms with Crippen LogP contribution in [0.25, 0.3) is 0 Å². The number of hydrogen-bond acceptors (Lipinski definition) is 7. The van der Waals surface area contributed by atoms with E-state index in [1.807, 2.05) is 65.8 Å². The molecule has 0 saturated heterocycles. The number of amidine groups is 1. The number of fused-ring (bicyclic) bond motifs is 1. The second-order valence-electron chi connectivity index (χ2n) is 7.28. The van der Waals surface area contributed by atoms with Gasteiger partial charge in [-0.05, 0) is 29.5 Å². The third-order valence-corrected chi connectivity index (χ3v) is 6.17. The maximum Gasteiger partial charge on any atom is 0.338 e. The fraction of sp³-hybridized carbons (Fsp3) is 0.250. The molecule has 7 nitrogen and oxygen atoms in total. The van der Waals surface area contributed by atoms with Crippen molar-refractivity contribution in [1.29, 1.82) is 0 Å². The molecule has 4 rings (SSSR count). The van der Waals surface area contributed by atoms with Gasteiger partial charge in [-0.1, -0.05) is 55.1 Å². The van der Waals surface area contributed by atoms with Crippen LogP contribution >= 0.6 is 11.8 Å². The average molecular weight is 449 g/mol. The van der Waals surface area contributed by atoms with Crippen molar-refractivity contribution >= 4 is 28.8 Å². The van der Waals surface area contributed by atoms with E-state index >= 15 is 0 Å². The zero-order valence-electron chi connectivity index (χ0n) is 17.9. The second kappa shape index (κ2) is 9.82. The summed E-state index contributed by atoms with van der Waals surface area (Å²) in [5, 5.41) is 5.61. The maximum atomic E-state index is 12.8. The maximum absolute atomic E-state index is 12.8. The molecule has 2 aromatic rings. The van der Waals surface area contributed by atoms with E-state index in [9.17, 15) is 9.59 Å². The second-order valence-corrected chi connectivity index (χ2v) is 8.12. The molecule has 0 fully saturated rings. The summed E-state index contributed by atoms with van der Waals surface area (Å²) in [6.45, 7) is 2.33. The first-order valence-electron chi connectivity index (χ1n) is 10.4. The van der Waals surface area contributed by atoms with Gasteiger partial charge in [0.2, 0.25) is 5.91 Å². The number of thioether (sulfide) groups is 1. The summed E-state index contributed by atoms with van der Waals surface area (Å²) in [4.78, 5) is 36.5. The normalized spacial score (nSPS) is 17.4. The molecular formula is C24H24N4O3S. The number of hydrogen-bond donors (Lipinski definition) is 1. The Kier molecular flexibility index (Phi) is 6.70. The van der Waals surface area contributed by atoms with E-state index in [2.05, 4.69) is 10.3 Å². The van der Waals surface area contributed by atoms with Crippen LogP contribution in [0.2, 0.25) is 0 Å². The van der Waals surface area contributed by atoms with Crippen molar-refractivity contribution < 1.29 is 14.3 Å². The van der Waals surface area contributed by atoms with Crippen LogP contribution in [0.15, 0.2) is 82.1 Å². The quantitative estimate of drug-likeness (QED) is 0.647. The van der Waals surface area contributed by atoms with E-state index < -0.39 is 12.0 Å². The number of amides is 1. The van der Waals surface area contributed by atoms with E-state index in [-0.39, 0.29) is 12.3 Å². The van der Waals surface area contributed by atoms with E-state index in [4.69, 9.17) is 9.73 Å². The number of rotatable bonds is 7. The van der Waals surface area contributed by atoms with Crippen LogP contribution in [0.1, 0.15) is 37.1 Å². The predicted octanol–water partition coefficient (Wildman–Crippen LogP) is 3.93. The summed E-state index contributed by atoms with van der Waals surface area (Å²) in [6.07, 6.45) is 2.47. The summed E-state index contributed by atoms with van der Waals surface area (Å²) in [5.41, 5.74) is 3.73. The number of carbonyl (C=O) groups is 2. The number of allylic oxidation sites excluding steroid dienone is 1. The molecule has 164 valence electrons. The van der Waals surface area contributed by atoms with Gasteiger partial charge >= 0.3 is 5.97 Å². The van der Waals surface area contributed by atoms with Crippen molar-refractivity contribution in [2.75, 3.05) is 7.11 Å². The molecule has 0 spiro atoms. The van der Waals surface area contributed by atoms with Gasteiger partial charge < -0.3 is 15.0 Å². The van der Waals surface area contributed by atoms with E-state index in [0.717, 1.165) is 22.1 Å². The molecule has 1 N–H and O–H groups in total. The number of esters is 1. The average Bonchev–Trinajstić information content (AvgIpc) is 3.24. The van der Waals surface area contributed by atoms with Crippen molar-refractivity contribution in [3.05, 3.63) is 88.4 Å². The summed E-state index contributed by atoms with van der Waals surface area (Å²) < 4.78 is 5.12. The number of carbonyl (C=O) groups excluding carboxylic acids is 2. The number of nitrogens with one attached hydrogen (secondary N) is 1. The predicted molar refractivity (Wildman–Crippen MR) is 124 cm³/mol. The van der Waals surface area contributed by atoms with Crippen LogP contribution in [0, 0.1) is 0 Å². The highest BCUT2D eigenvalue weighted by molar-refractivity contribution is 8.16. The van der Waals surface area contributed by atoms with Gasteiger partial charge in [0, 0.05) is 11.9 Å². The fourth-order valence-corrected chi connectivity index (χ4v) is 4.72.